The van der Waals surface area contributed by atoms with E-state index < -0.39 is 5.82 Å². The molecule has 1 saturated heterocycles. The van der Waals surface area contributed by atoms with E-state index in [9.17, 15) is 14.3 Å². The number of hydrogen-bond acceptors (Lipinski definition) is 5. The summed E-state index contributed by atoms with van der Waals surface area (Å²) in [4.78, 5) is 20.3. The van der Waals surface area contributed by atoms with E-state index in [-0.39, 0.29) is 17.2 Å². The molecule has 0 spiro atoms. The highest BCUT2D eigenvalue weighted by Crippen LogP contribution is 2.22. The summed E-state index contributed by atoms with van der Waals surface area (Å²) in [5.41, 5.74) is 0.0118. The van der Waals surface area contributed by atoms with Crippen LogP contribution < -0.4 is 4.90 Å². The normalized spacial score (nSPS) is 15.3. The number of nitrogens with zero attached hydrogens (tertiary/aromatic N) is 3. The maximum atomic E-state index is 13.2. The van der Waals surface area contributed by atoms with Gasteiger partial charge in [0.1, 0.15) is 11.6 Å². The number of amides is 1. The summed E-state index contributed by atoms with van der Waals surface area (Å²) in [5.74, 6) is -1.06. The van der Waals surface area contributed by atoms with Gasteiger partial charge in [0.05, 0.1) is 5.56 Å². The van der Waals surface area contributed by atoms with Crippen molar-refractivity contribution >= 4 is 22.4 Å². The second kappa shape index (κ2) is 5.69. The van der Waals surface area contributed by atoms with Crippen molar-refractivity contribution in [2.24, 2.45) is 0 Å². The van der Waals surface area contributed by atoms with E-state index in [1.54, 1.807) is 22.4 Å². The number of halogens is 1. The number of aromatic nitrogens is 1. The van der Waals surface area contributed by atoms with E-state index in [4.69, 9.17) is 0 Å². The molecule has 1 aliphatic heterocycles. The van der Waals surface area contributed by atoms with Crippen molar-refractivity contribution in [1.82, 2.24) is 9.88 Å². The van der Waals surface area contributed by atoms with E-state index >= 15 is 0 Å². The fourth-order valence-corrected chi connectivity index (χ4v) is 3.02. The molecule has 0 bridgehead atoms. The largest absolute Gasteiger partial charge is 0.507 e. The maximum absolute atomic E-state index is 13.2. The summed E-state index contributed by atoms with van der Waals surface area (Å²) >= 11 is 1.56. The topological polar surface area (TPSA) is 56.7 Å². The van der Waals surface area contributed by atoms with Gasteiger partial charge in [0.15, 0.2) is 5.13 Å². The van der Waals surface area contributed by atoms with Gasteiger partial charge in [-0.05, 0) is 18.2 Å². The van der Waals surface area contributed by atoms with Crippen LogP contribution in [0, 0.1) is 5.82 Å². The third-order valence-corrected chi connectivity index (χ3v) is 4.28. The van der Waals surface area contributed by atoms with Crippen LogP contribution in [0.3, 0.4) is 0 Å². The average Bonchev–Trinajstić information content (AvgIpc) is 3.03. The molecular weight excluding hydrogens is 293 g/mol. The van der Waals surface area contributed by atoms with Gasteiger partial charge in [-0.25, -0.2) is 9.37 Å². The first-order valence-electron chi connectivity index (χ1n) is 6.57. The molecule has 21 heavy (non-hydrogen) atoms. The monoisotopic (exact) mass is 307 g/mol. The van der Waals surface area contributed by atoms with Crippen molar-refractivity contribution < 1.29 is 14.3 Å². The number of rotatable bonds is 2. The first kappa shape index (κ1) is 13.8. The minimum atomic E-state index is -0.530. The molecule has 0 saturated carbocycles. The molecule has 1 aliphatic rings. The van der Waals surface area contributed by atoms with Crippen LogP contribution in [0.15, 0.2) is 29.8 Å². The quantitative estimate of drug-likeness (QED) is 0.921. The third kappa shape index (κ3) is 2.82. The lowest BCUT2D eigenvalue weighted by Crippen LogP contribution is -2.48. The molecule has 2 aromatic rings. The van der Waals surface area contributed by atoms with Crippen LogP contribution in [-0.4, -0.2) is 47.1 Å². The average molecular weight is 307 g/mol. The number of benzene rings is 1. The van der Waals surface area contributed by atoms with Crippen LogP contribution in [0.25, 0.3) is 0 Å². The molecule has 7 heteroatoms. The molecule has 0 unspecified atom stereocenters. The van der Waals surface area contributed by atoms with Gasteiger partial charge in [0, 0.05) is 37.8 Å². The summed E-state index contributed by atoms with van der Waals surface area (Å²) in [6, 6.07) is 3.41. The van der Waals surface area contributed by atoms with Crippen LogP contribution >= 0.6 is 11.3 Å². The van der Waals surface area contributed by atoms with Crippen molar-refractivity contribution in [3.63, 3.8) is 0 Å². The Morgan fingerprint density at radius 2 is 2.05 bits per heavy atom. The molecule has 0 atom stereocenters. The standard InChI is InChI=1S/C14H14FN3O2S/c15-10-1-2-12(19)11(9-10)13(20)17-4-6-18(7-5-17)14-16-3-8-21-14/h1-3,8-9,19H,4-7H2. The molecule has 5 nitrogen and oxygen atoms in total. The minimum absolute atomic E-state index is 0.0118. The number of hydrogen-bond donors (Lipinski definition) is 1. The van der Waals surface area contributed by atoms with Crippen molar-refractivity contribution in [2.45, 2.75) is 0 Å². The molecule has 110 valence electrons. The molecule has 3 rings (SSSR count). The zero-order valence-electron chi connectivity index (χ0n) is 11.2. The van der Waals surface area contributed by atoms with Crippen molar-refractivity contribution in [1.29, 1.82) is 0 Å². The van der Waals surface area contributed by atoms with E-state index in [2.05, 4.69) is 9.88 Å². The Kier molecular flexibility index (Phi) is 3.74. The van der Waals surface area contributed by atoms with Crippen molar-refractivity contribution in [3.8, 4) is 5.75 Å². The number of phenolic OH excluding ortho intramolecular Hbond substituents is 1. The van der Waals surface area contributed by atoms with Crippen LogP contribution in [0.4, 0.5) is 9.52 Å². The Bertz CT molecular complexity index is 640. The lowest BCUT2D eigenvalue weighted by Gasteiger charge is -2.34. The highest BCUT2D eigenvalue weighted by Gasteiger charge is 2.25. The van der Waals surface area contributed by atoms with Gasteiger partial charge in [0.25, 0.3) is 5.91 Å². The zero-order valence-corrected chi connectivity index (χ0v) is 12.0. The lowest BCUT2D eigenvalue weighted by molar-refractivity contribution is 0.0743. The first-order chi connectivity index (χ1) is 10.1. The predicted octanol–water partition coefficient (Wildman–Crippen LogP) is 1.95. The van der Waals surface area contributed by atoms with Crippen molar-refractivity contribution in [3.05, 3.63) is 41.2 Å². The fourth-order valence-electron chi connectivity index (χ4n) is 2.32. The SMILES string of the molecule is O=C(c1cc(F)ccc1O)N1CCN(c2nccs2)CC1. The van der Waals surface area contributed by atoms with Gasteiger partial charge >= 0.3 is 0 Å². The number of phenols is 1. The highest BCUT2D eigenvalue weighted by atomic mass is 32.1. The fraction of sp³-hybridized carbons (Fsp3) is 0.286. The lowest BCUT2D eigenvalue weighted by atomic mass is 10.1. The number of thiazole rings is 1. The maximum Gasteiger partial charge on any atom is 0.257 e. The summed E-state index contributed by atoms with van der Waals surface area (Å²) in [6.45, 7) is 2.40. The van der Waals surface area contributed by atoms with Gasteiger partial charge in [-0.3, -0.25) is 4.79 Å². The molecule has 1 amide bonds. The van der Waals surface area contributed by atoms with Crippen LogP contribution in [0.1, 0.15) is 10.4 Å². The van der Waals surface area contributed by atoms with Gasteiger partial charge in [-0.2, -0.15) is 0 Å². The third-order valence-electron chi connectivity index (χ3n) is 3.45. The van der Waals surface area contributed by atoms with Crippen LogP contribution in [0.5, 0.6) is 5.75 Å². The van der Waals surface area contributed by atoms with E-state index in [1.165, 1.54) is 6.07 Å². The van der Waals surface area contributed by atoms with E-state index in [1.807, 2.05) is 5.38 Å². The van der Waals surface area contributed by atoms with E-state index in [0.29, 0.717) is 26.2 Å². The highest BCUT2D eigenvalue weighted by molar-refractivity contribution is 7.13. The number of aromatic hydroxyl groups is 1. The smallest absolute Gasteiger partial charge is 0.257 e. The van der Waals surface area contributed by atoms with Gasteiger partial charge in [0.2, 0.25) is 0 Å². The molecule has 1 aromatic heterocycles. The van der Waals surface area contributed by atoms with Crippen molar-refractivity contribution in [2.75, 3.05) is 31.1 Å². The van der Waals surface area contributed by atoms with E-state index in [0.717, 1.165) is 17.3 Å². The van der Waals surface area contributed by atoms with Gasteiger partial charge in [-0.15, -0.1) is 11.3 Å². The summed E-state index contributed by atoms with van der Waals surface area (Å²) in [6.07, 6.45) is 1.75. The Hall–Kier alpha value is -2.15. The molecule has 1 N–H and O–H groups in total. The second-order valence-corrected chi connectivity index (χ2v) is 5.63. The van der Waals surface area contributed by atoms with Gasteiger partial charge < -0.3 is 14.9 Å². The first-order valence-corrected chi connectivity index (χ1v) is 7.45. The minimum Gasteiger partial charge on any atom is -0.507 e. The number of carbonyl (C=O) groups excluding carboxylic acids is 1. The molecular formula is C14H14FN3O2S. The number of carbonyl (C=O) groups is 1. The molecule has 0 radical (unpaired) electrons. The number of anilines is 1. The van der Waals surface area contributed by atoms with Crippen LogP contribution in [-0.2, 0) is 0 Å². The number of piperazine rings is 1. The Balaban J connectivity index is 1.69. The van der Waals surface area contributed by atoms with Gasteiger partial charge in [-0.1, -0.05) is 0 Å². The molecule has 2 heterocycles. The molecule has 0 aliphatic carbocycles. The van der Waals surface area contributed by atoms with Crippen LogP contribution in [0.2, 0.25) is 0 Å². The summed E-state index contributed by atoms with van der Waals surface area (Å²) in [7, 11) is 0. The zero-order chi connectivity index (χ0) is 14.8. The Morgan fingerprint density at radius 3 is 2.71 bits per heavy atom. The predicted molar refractivity (Wildman–Crippen MR) is 78.3 cm³/mol. The second-order valence-electron chi connectivity index (χ2n) is 4.76. The molecule has 1 aromatic carbocycles. The summed E-state index contributed by atoms with van der Waals surface area (Å²) in [5, 5.41) is 12.6. The Labute approximate surface area is 125 Å². The Morgan fingerprint density at radius 1 is 1.29 bits per heavy atom. The molecule has 1 fully saturated rings. The summed E-state index contributed by atoms with van der Waals surface area (Å²) < 4.78 is 13.2.